The van der Waals surface area contributed by atoms with Crippen molar-refractivity contribution >= 4 is 11.7 Å². The second-order valence-electron chi connectivity index (χ2n) is 4.58. The zero-order valence-corrected chi connectivity index (χ0v) is 10.0. The van der Waals surface area contributed by atoms with Crippen LogP contribution in [0.4, 0.5) is 0 Å². The van der Waals surface area contributed by atoms with Crippen molar-refractivity contribution in [2.45, 2.75) is 33.7 Å². The van der Waals surface area contributed by atoms with Gasteiger partial charge in [-0.15, -0.1) is 0 Å². The summed E-state index contributed by atoms with van der Waals surface area (Å²) in [5, 5.41) is 6.31. The largest absolute Gasteiger partial charge is 0.355 e. The smallest absolute Gasteiger partial charge is 0.191 e. The van der Waals surface area contributed by atoms with Gasteiger partial charge in [-0.25, -0.2) is 0 Å². The molecule has 4 heteroatoms. The van der Waals surface area contributed by atoms with E-state index < -0.39 is 0 Å². The molecule has 0 unspecified atom stereocenters. The third-order valence-corrected chi connectivity index (χ3v) is 2.51. The Morgan fingerprint density at radius 2 is 2.13 bits per heavy atom. The number of hydrogen-bond acceptors (Lipinski definition) is 4. The van der Waals surface area contributed by atoms with E-state index in [1.807, 2.05) is 27.7 Å². The minimum absolute atomic E-state index is 0. The molecular formula is C11H25N3O. The molecule has 1 aliphatic heterocycles. The van der Waals surface area contributed by atoms with Crippen molar-refractivity contribution in [3.05, 3.63) is 0 Å². The number of guanidine groups is 1. The van der Waals surface area contributed by atoms with Gasteiger partial charge in [-0.2, -0.15) is 0 Å². The molecule has 0 aromatic rings. The van der Waals surface area contributed by atoms with Gasteiger partial charge in [0.25, 0.3) is 0 Å². The average Bonchev–Trinajstić information content (AvgIpc) is 2.64. The Morgan fingerprint density at radius 1 is 1.47 bits per heavy atom. The number of nitrogens with zero attached hydrogens (tertiary/aromatic N) is 1. The normalized spacial score (nSPS) is 17.6. The highest BCUT2D eigenvalue weighted by atomic mass is 16.1. The minimum atomic E-state index is -0.130. The number of nitrogens with one attached hydrogen (secondary N) is 2. The van der Waals surface area contributed by atoms with E-state index in [0.717, 1.165) is 19.0 Å². The van der Waals surface area contributed by atoms with Crippen LogP contribution >= 0.6 is 0 Å². The summed E-state index contributed by atoms with van der Waals surface area (Å²) < 4.78 is 0. The summed E-state index contributed by atoms with van der Waals surface area (Å²) in [5.41, 5.74) is 0. The lowest BCUT2D eigenvalue weighted by Gasteiger charge is -2.23. The van der Waals surface area contributed by atoms with Gasteiger partial charge >= 0.3 is 0 Å². The third-order valence-electron chi connectivity index (χ3n) is 2.51. The molecule has 0 radical (unpaired) electrons. The number of carbonyl (C=O) groups excluding carboxylic acids is 1. The van der Waals surface area contributed by atoms with Crippen molar-refractivity contribution in [1.82, 2.24) is 10.6 Å². The molecule has 0 aliphatic carbocycles. The van der Waals surface area contributed by atoms with Crippen LogP contribution in [0.25, 0.3) is 0 Å². The van der Waals surface area contributed by atoms with Crippen molar-refractivity contribution in [1.29, 1.82) is 0 Å². The minimum Gasteiger partial charge on any atom is -0.355 e. The van der Waals surface area contributed by atoms with Crippen molar-refractivity contribution < 1.29 is 7.65 Å². The van der Waals surface area contributed by atoms with E-state index in [9.17, 15) is 4.79 Å². The molecule has 0 fully saturated rings. The predicted molar refractivity (Wildman–Crippen MR) is 66.1 cm³/mol. The van der Waals surface area contributed by atoms with Gasteiger partial charge in [0, 0.05) is 15.3 Å². The van der Waals surface area contributed by atoms with E-state index in [1.165, 1.54) is 0 Å². The van der Waals surface area contributed by atoms with Crippen LogP contribution in [-0.4, -0.2) is 30.9 Å². The SMILES string of the molecule is CC(C)C(=O)[C@@H](NC1=NCCN1)C(C)C.[HH].[HH]. The van der Waals surface area contributed by atoms with Gasteiger partial charge in [-0.05, 0) is 5.92 Å². The zero-order chi connectivity index (χ0) is 11.4. The Balaban J connectivity index is 0. The van der Waals surface area contributed by atoms with Crippen LogP contribution in [0.5, 0.6) is 0 Å². The molecule has 0 aromatic carbocycles. The van der Waals surface area contributed by atoms with Crippen LogP contribution < -0.4 is 10.6 Å². The van der Waals surface area contributed by atoms with Gasteiger partial charge in [-0.1, -0.05) is 27.7 Å². The number of rotatable bonds is 4. The topological polar surface area (TPSA) is 53.5 Å². The number of ketones is 1. The summed E-state index contributed by atoms with van der Waals surface area (Å²) in [6, 6.07) is -0.130. The maximum absolute atomic E-state index is 11.9. The molecule has 15 heavy (non-hydrogen) atoms. The van der Waals surface area contributed by atoms with Crippen molar-refractivity contribution in [2.75, 3.05) is 13.1 Å². The monoisotopic (exact) mass is 215 g/mol. The van der Waals surface area contributed by atoms with Crippen LogP contribution in [-0.2, 0) is 4.79 Å². The lowest BCUT2D eigenvalue weighted by molar-refractivity contribution is -0.124. The van der Waals surface area contributed by atoms with E-state index >= 15 is 0 Å². The molecule has 90 valence electrons. The van der Waals surface area contributed by atoms with Crippen LogP contribution in [0.1, 0.15) is 30.5 Å². The summed E-state index contributed by atoms with van der Waals surface area (Å²) in [5.74, 6) is 1.36. The highest BCUT2D eigenvalue weighted by Crippen LogP contribution is 2.09. The molecule has 2 N–H and O–H groups in total. The van der Waals surface area contributed by atoms with E-state index in [-0.39, 0.29) is 26.5 Å². The first-order valence-electron chi connectivity index (χ1n) is 5.61. The molecule has 0 aromatic heterocycles. The Hall–Kier alpha value is -1.06. The molecule has 1 aliphatic rings. The zero-order valence-electron chi connectivity index (χ0n) is 10.0. The Bertz CT molecular complexity index is 267. The number of Topliss-reactive ketones (excluding diaryl/α,β-unsaturated/α-hetero) is 1. The van der Waals surface area contributed by atoms with E-state index in [1.54, 1.807) is 0 Å². The molecule has 0 bridgehead atoms. The number of hydrogen-bond donors (Lipinski definition) is 2. The first-order valence-corrected chi connectivity index (χ1v) is 5.61. The summed E-state index contributed by atoms with van der Waals surface area (Å²) >= 11 is 0. The van der Waals surface area contributed by atoms with Gasteiger partial charge in [0.05, 0.1) is 12.6 Å². The summed E-state index contributed by atoms with van der Waals surface area (Å²) in [6.07, 6.45) is 0. The Morgan fingerprint density at radius 3 is 2.53 bits per heavy atom. The fourth-order valence-corrected chi connectivity index (χ4v) is 1.57. The summed E-state index contributed by atoms with van der Waals surface area (Å²) in [4.78, 5) is 16.2. The van der Waals surface area contributed by atoms with Crippen LogP contribution in [0, 0.1) is 11.8 Å². The second-order valence-corrected chi connectivity index (χ2v) is 4.58. The van der Waals surface area contributed by atoms with Gasteiger partial charge in [0.1, 0.15) is 0 Å². The van der Waals surface area contributed by atoms with Crippen molar-refractivity contribution in [2.24, 2.45) is 16.8 Å². The fraction of sp³-hybridized carbons (Fsp3) is 0.818. The number of carbonyl (C=O) groups is 1. The van der Waals surface area contributed by atoms with Crippen LogP contribution in [0.3, 0.4) is 0 Å². The first-order chi connectivity index (χ1) is 7.02. The van der Waals surface area contributed by atoms with Crippen molar-refractivity contribution in [3.63, 3.8) is 0 Å². The van der Waals surface area contributed by atoms with E-state index in [0.29, 0.717) is 0 Å². The fourth-order valence-electron chi connectivity index (χ4n) is 1.57. The van der Waals surface area contributed by atoms with Crippen LogP contribution in [0.2, 0.25) is 0 Å². The molecule has 0 amide bonds. The summed E-state index contributed by atoms with van der Waals surface area (Å²) in [7, 11) is 0. The third kappa shape index (κ3) is 3.22. The average molecular weight is 215 g/mol. The maximum Gasteiger partial charge on any atom is 0.191 e. The lowest BCUT2D eigenvalue weighted by atomic mass is 9.93. The van der Waals surface area contributed by atoms with Crippen molar-refractivity contribution in [3.8, 4) is 0 Å². The summed E-state index contributed by atoms with van der Waals surface area (Å²) in [6.45, 7) is 9.62. The molecule has 1 heterocycles. The standard InChI is InChI=1S/C11H21N3O.2H2/c1-7(2)9(10(15)8(3)4)14-11-12-5-6-13-11;;/h7-9H,5-6H2,1-4H3,(H2,12,13,14);2*1H/t9-;;/m0../s1. The van der Waals surface area contributed by atoms with Crippen LogP contribution in [0.15, 0.2) is 4.99 Å². The first kappa shape index (κ1) is 12.0. The number of aliphatic imine (C=N–C) groups is 1. The lowest BCUT2D eigenvalue weighted by Crippen LogP contribution is -2.49. The molecule has 4 nitrogen and oxygen atoms in total. The quantitative estimate of drug-likeness (QED) is 0.742. The van der Waals surface area contributed by atoms with Gasteiger partial charge in [0.2, 0.25) is 0 Å². The Kier molecular flexibility index (Phi) is 4.12. The molecule has 1 rings (SSSR count). The van der Waals surface area contributed by atoms with Gasteiger partial charge < -0.3 is 10.6 Å². The van der Waals surface area contributed by atoms with Gasteiger partial charge in [-0.3, -0.25) is 9.79 Å². The van der Waals surface area contributed by atoms with E-state index in [2.05, 4.69) is 15.6 Å². The molecule has 0 saturated carbocycles. The van der Waals surface area contributed by atoms with E-state index in [4.69, 9.17) is 0 Å². The second kappa shape index (κ2) is 5.14. The molecule has 0 saturated heterocycles. The highest BCUT2D eigenvalue weighted by Gasteiger charge is 2.25. The molecule has 0 spiro atoms. The molecule has 1 atom stereocenters. The highest BCUT2D eigenvalue weighted by molar-refractivity contribution is 5.91. The molecular weight excluding hydrogens is 190 g/mol. The Labute approximate surface area is 94.5 Å². The maximum atomic E-state index is 11.9. The predicted octanol–water partition coefficient (Wildman–Crippen LogP) is 1.28. The van der Waals surface area contributed by atoms with Gasteiger partial charge in [0.15, 0.2) is 11.7 Å².